The summed E-state index contributed by atoms with van der Waals surface area (Å²) in [5.74, 6) is 1.70. The quantitative estimate of drug-likeness (QED) is 0.680. The van der Waals surface area contributed by atoms with Gasteiger partial charge in [-0.2, -0.15) is 0 Å². The van der Waals surface area contributed by atoms with Crippen molar-refractivity contribution in [2.45, 2.75) is 0 Å². The molecule has 0 aliphatic carbocycles. The van der Waals surface area contributed by atoms with Crippen LogP contribution in [0, 0.1) is 0 Å². The number of hydrogen-bond acceptors (Lipinski definition) is 6. The second-order valence-electron chi connectivity index (χ2n) is 4.56. The molecule has 0 unspecified atom stereocenters. The van der Waals surface area contributed by atoms with Crippen LogP contribution in [-0.4, -0.2) is 14.2 Å². The standard InChI is InChI=1S/C14H14O2P2S4/c1-15-11-5-3-7-13(9-11)17(19)21-18(20,22-17)14-8-4-6-12(10-14)16-2/h3-10H,1-2H3. The maximum atomic E-state index is 5.93. The van der Waals surface area contributed by atoms with E-state index in [1.54, 1.807) is 14.2 Å². The summed E-state index contributed by atoms with van der Waals surface area (Å²) in [6.07, 6.45) is 0. The number of methoxy groups -OCH3 is 2. The van der Waals surface area contributed by atoms with Crippen molar-refractivity contribution in [1.29, 1.82) is 0 Å². The summed E-state index contributed by atoms with van der Waals surface area (Å²) in [5.41, 5.74) is 0. The van der Waals surface area contributed by atoms with E-state index in [0.717, 1.165) is 11.5 Å². The molecule has 0 radical (unpaired) electrons. The molecule has 0 spiro atoms. The van der Waals surface area contributed by atoms with Gasteiger partial charge in [-0.3, -0.25) is 0 Å². The van der Waals surface area contributed by atoms with Crippen LogP contribution in [-0.2, 0) is 23.6 Å². The first-order chi connectivity index (χ1) is 10.5. The molecule has 3 rings (SSSR count). The molecule has 0 amide bonds. The molecule has 0 N–H and O–H groups in total. The van der Waals surface area contributed by atoms with Crippen LogP contribution in [0.1, 0.15) is 0 Å². The Morgan fingerprint density at radius 2 is 1.18 bits per heavy atom. The van der Waals surface area contributed by atoms with Gasteiger partial charge >= 0.3 is 0 Å². The predicted octanol–water partition coefficient (Wildman–Crippen LogP) is 4.75. The third-order valence-electron chi connectivity index (χ3n) is 3.17. The zero-order chi connectivity index (χ0) is 15.8. The molecular formula is C14H14O2P2S4. The lowest BCUT2D eigenvalue weighted by atomic mass is 10.3. The zero-order valence-electron chi connectivity index (χ0n) is 12.0. The lowest BCUT2D eigenvalue weighted by Gasteiger charge is -2.40. The highest BCUT2D eigenvalue weighted by atomic mass is 33.7. The Morgan fingerprint density at radius 1 is 0.773 bits per heavy atom. The molecule has 1 heterocycles. The Balaban J connectivity index is 1.87. The van der Waals surface area contributed by atoms with Crippen LogP contribution in [0.25, 0.3) is 0 Å². The SMILES string of the molecule is COc1cccc(P2(=S)SP(=S)(c3cccc(OC)c3)S2)c1. The highest BCUT2D eigenvalue weighted by Crippen LogP contribution is 3.04. The second kappa shape index (κ2) is 6.51. The number of benzene rings is 2. The van der Waals surface area contributed by atoms with Gasteiger partial charge in [0.15, 0.2) is 0 Å². The number of rotatable bonds is 4. The molecule has 0 bridgehead atoms. The van der Waals surface area contributed by atoms with Crippen LogP contribution in [0.5, 0.6) is 11.5 Å². The van der Waals surface area contributed by atoms with E-state index in [1.807, 2.05) is 58.4 Å². The van der Waals surface area contributed by atoms with E-state index in [0.29, 0.717) is 0 Å². The second-order valence-corrected chi connectivity index (χ2v) is 25.8. The Morgan fingerprint density at radius 3 is 1.55 bits per heavy atom. The normalized spacial score (nSPS) is 27.0. The molecule has 8 heteroatoms. The number of hydrogen-bond donors (Lipinski definition) is 0. The first-order valence-electron chi connectivity index (χ1n) is 6.41. The van der Waals surface area contributed by atoms with E-state index in [9.17, 15) is 0 Å². The van der Waals surface area contributed by atoms with E-state index in [4.69, 9.17) is 33.1 Å². The number of ether oxygens (including phenoxy) is 2. The first-order valence-corrected chi connectivity index (χ1v) is 16.1. The average molecular weight is 404 g/mol. The maximum Gasteiger partial charge on any atom is 0.119 e. The minimum absolute atomic E-state index is 0.851. The third kappa shape index (κ3) is 3.15. The van der Waals surface area contributed by atoms with E-state index >= 15 is 0 Å². The maximum absolute atomic E-state index is 5.93. The summed E-state index contributed by atoms with van der Waals surface area (Å²) in [4.78, 5) is 0. The average Bonchev–Trinajstić information content (AvgIpc) is 2.53. The van der Waals surface area contributed by atoms with Gasteiger partial charge in [-0.1, -0.05) is 69.9 Å². The van der Waals surface area contributed by atoms with Crippen molar-refractivity contribution in [3.63, 3.8) is 0 Å². The Hall–Kier alpha value is 0.0400. The van der Waals surface area contributed by atoms with Gasteiger partial charge in [-0.25, -0.2) is 0 Å². The fourth-order valence-corrected chi connectivity index (χ4v) is 44.2. The van der Waals surface area contributed by atoms with Crippen LogP contribution in [0.4, 0.5) is 0 Å². The van der Waals surface area contributed by atoms with Gasteiger partial charge in [0.1, 0.15) is 11.5 Å². The Kier molecular flexibility index (Phi) is 4.99. The molecule has 0 aromatic heterocycles. The lowest BCUT2D eigenvalue weighted by Crippen LogP contribution is -2.09. The van der Waals surface area contributed by atoms with Crippen molar-refractivity contribution in [3.05, 3.63) is 48.5 Å². The summed E-state index contributed by atoms with van der Waals surface area (Å²) in [6, 6.07) is 16.2. The minimum Gasteiger partial charge on any atom is -0.497 e. The summed E-state index contributed by atoms with van der Waals surface area (Å²) in [5, 5.41) is 2.36. The third-order valence-corrected chi connectivity index (χ3v) is 34.4. The summed E-state index contributed by atoms with van der Waals surface area (Å²) >= 11 is 15.5. The molecule has 2 aromatic carbocycles. The minimum atomic E-state index is -1.70. The van der Waals surface area contributed by atoms with Gasteiger partial charge in [-0.15, -0.1) is 0 Å². The van der Waals surface area contributed by atoms with E-state index in [2.05, 4.69) is 12.1 Å². The van der Waals surface area contributed by atoms with Gasteiger partial charge in [0.2, 0.25) is 0 Å². The monoisotopic (exact) mass is 404 g/mol. The van der Waals surface area contributed by atoms with Crippen LogP contribution in [0.3, 0.4) is 0 Å². The summed E-state index contributed by atoms with van der Waals surface area (Å²) in [7, 11) is 3.35. The van der Waals surface area contributed by atoms with E-state index < -0.39 is 8.88 Å². The highest BCUT2D eigenvalue weighted by Gasteiger charge is 2.46. The smallest absolute Gasteiger partial charge is 0.119 e. The van der Waals surface area contributed by atoms with E-state index in [1.165, 1.54) is 10.6 Å². The van der Waals surface area contributed by atoms with Gasteiger partial charge in [0.25, 0.3) is 0 Å². The van der Waals surface area contributed by atoms with Crippen LogP contribution in [0.2, 0.25) is 0 Å². The fourth-order valence-electron chi connectivity index (χ4n) is 2.04. The van der Waals surface area contributed by atoms with Crippen molar-refractivity contribution < 1.29 is 9.47 Å². The van der Waals surface area contributed by atoms with Gasteiger partial charge in [0.05, 0.1) is 23.1 Å². The predicted molar refractivity (Wildman–Crippen MR) is 109 cm³/mol. The molecule has 1 fully saturated rings. The zero-order valence-corrected chi connectivity index (χ0v) is 17.0. The lowest BCUT2D eigenvalue weighted by molar-refractivity contribution is 0.415. The van der Waals surface area contributed by atoms with Crippen molar-refractivity contribution >= 4 is 65.1 Å². The van der Waals surface area contributed by atoms with Crippen LogP contribution in [0.15, 0.2) is 48.5 Å². The molecule has 2 nitrogen and oxygen atoms in total. The highest BCUT2D eigenvalue weighted by molar-refractivity contribution is 9.48. The van der Waals surface area contributed by atoms with Gasteiger partial charge < -0.3 is 9.47 Å². The molecule has 1 aliphatic rings. The molecular weight excluding hydrogens is 390 g/mol. The summed E-state index contributed by atoms with van der Waals surface area (Å²) < 4.78 is 7.20. The Labute approximate surface area is 148 Å². The van der Waals surface area contributed by atoms with Crippen LogP contribution < -0.4 is 20.1 Å². The first kappa shape index (κ1) is 16.9. The molecule has 0 atom stereocenters. The summed E-state index contributed by atoms with van der Waals surface area (Å²) in [6.45, 7) is 0. The molecule has 22 heavy (non-hydrogen) atoms. The van der Waals surface area contributed by atoms with Crippen molar-refractivity contribution in [2.24, 2.45) is 0 Å². The molecule has 2 aromatic rings. The van der Waals surface area contributed by atoms with E-state index in [-0.39, 0.29) is 0 Å². The molecule has 1 saturated heterocycles. The van der Waals surface area contributed by atoms with Crippen LogP contribution >= 0.6 is 30.9 Å². The van der Waals surface area contributed by atoms with Gasteiger partial charge in [0, 0.05) is 10.6 Å². The van der Waals surface area contributed by atoms with Crippen molar-refractivity contribution in [3.8, 4) is 11.5 Å². The molecule has 0 saturated carbocycles. The van der Waals surface area contributed by atoms with Gasteiger partial charge in [-0.05, 0) is 24.3 Å². The largest absolute Gasteiger partial charge is 0.497 e. The molecule has 1 aliphatic heterocycles. The molecule has 116 valence electrons. The topological polar surface area (TPSA) is 18.5 Å². The van der Waals surface area contributed by atoms with Crippen molar-refractivity contribution in [1.82, 2.24) is 0 Å². The fraction of sp³-hybridized carbons (Fsp3) is 0.143. The van der Waals surface area contributed by atoms with Crippen molar-refractivity contribution in [2.75, 3.05) is 14.2 Å². The Bertz CT molecular complexity index is 729.